The van der Waals surface area contributed by atoms with Gasteiger partial charge in [-0.2, -0.15) is 31.6 Å². The van der Waals surface area contributed by atoms with Crippen LogP contribution in [0.4, 0.5) is 26.3 Å². The maximum atomic E-state index is 13.6. The Hall–Kier alpha value is -2.86. The molecule has 158 valence electrons. The van der Waals surface area contributed by atoms with Crippen molar-refractivity contribution in [3.05, 3.63) is 70.8 Å². The molecule has 30 heavy (non-hydrogen) atoms. The second-order valence-electron chi connectivity index (χ2n) is 7.12. The number of hydrogen-bond donors (Lipinski definition) is 1. The van der Waals surface area contributed by atoms with Gasteiger partial charge < -0.3 is 0 Å². The Morgan fingerprint density at radius 2 is 1.73 bits per heavy atom. The summed E-state index contributed by atoms with van der Waals surface area (Å²) in [7, 11) is 0. The van der Waals surface area contributed by atoms with E-state index in [-0.39, 0.29) is 18.4 Å². The Bertz CT molecular complexity index is 962. The number of ketones is 1. The van der Waals surface area contributed by atoms with Crippen molar-refractivity contribution in [1.82, 2.24) is 5.32 Å². The largest absolute Gasteiger partial charge is 0.417 e. The van der Waals surface area contributed by atoms with E-state index in [1.807, 2.05) is 0 Å². The van der Waals surface area contributed by atoms with Crippen LogP contribution in [0.5, 0.6) is 0 Å². The number of carbonyl (C=O) groups excluding carboxylic acids is 1. The van der Waals surface area contributed by atoms with Gasteiger partial charge in [-0.05, 0) is 29.7 Å². The van der Waals surface area contributed by atoms with Crippen molar-refractivity contribution in [3.63, 3.8) is 0 Å². The first-order chi connectivity index (χ1) is 14.0. The predicted octanol–water partition coefficient (Wildman–Crippen LogP) is 4.77. The van der Waals surface area contributed by atoms with Gasteiger partial charge in [0.2, 0.25) is 0 Å². The van der Waals surface area contributed by atoms with Gasteiger partial charge in [-0.1, -0.05) is 36.4 Å². The quantitative estimate of drug-likeness (QED) is 0.717. The molecule has 1 aliphatic rings. The number of Topliss-reactive ketones (excluding diaryl/α,β-unsaturated/α-hetero) is 1. The van der Waals surface area contributed by atoms with Crippen molar-refractivity contribution in [3.8, 4) is 6.07 Å². The fourth-order valence-electron chi connectivity index (χ4n) is 3.71. The van der Waals surface area contributed by atoms with Crippen molar-refractivity contribution >= 4 is 5.78 Å². The van der Waals surface area contributed by atoms with Crippen molar-refractivity contribution in [2.75, 3.05) is 0 Å². The lowest BCUT2D eigenvalue weighted by Gasteiger charge is -2.23. The summed E-state index contributed by atoms with van der Waals surface area (Å²) < 4.78 is 80.5. The van der Waals surface area contributed by atoms with Crippen LogP contribution in [0.3, 0.4) is 0 Å². The highest BCUT2D eigenvalue weighted by atomic mass is 19.4. The zero-order chi connectivity index (χ0) is 22.1. The van der Waals surface area contributed by atoms with Gasteiger partial charge in [0.05, 0.1) is 23.2 Å². The summed E-state index contributed by atoms with van der Waals surface area (Å²) in [5.74, 6) is -1.86. The van der Waals surface area contributed by atoms with Crippen LogP contribution < -0.4 is 5.32 Å². The number of hydrogen-bond acceptors (Lipinski definition) is 3. The molecule has 0 radical (unpaired) electrons. The molecule has 0 aromatic heterocycles. The summed E-state index contributed by atoms with van der Waals surface area (Å²) in [5.41, 5.74) is -1.54. The third kappa shape index (κ3) is 4.65. The summed E-state index contributed by atoms with van der Waals surface area (Å²) in [6.07, 6.45) is -10.0. The van der Waals surface area contributed by atoms with E-state index in [4.69, 9.17) is 5.26 Å². The van der Waals surface area contributed by atoms with Crippen LogP contribution in [0.15, 0.2) is 48.5 Å². The Balaban J connectivity index is 1.91. The van der Waals surface area contributed by atoms with Gasteiger partial charge in [0.1, 0.15) is 6.04 Å². The molecule has 3 atom stereocenters. The van der Waals surface area contributed by atoms with Crippen LogP contribution in [0.25, 0.3) is 0 Å². The Kier molecular flexibility index (Phi) is 5.90. The highest BCUT2D eigenvalue weighted by Crippen LogP contribution is 2.42. The Morgan fingerprint density at radius 1 is 1.07 bits per heavy atom. The number of alkyl halides is 6. The van der Waals surface area contributed by atoms with E-state index in [0.29, 0.717) is 11.6 Å². The van der Waals surface area contributed by atoms with Crippen LogP contribution in [-0.2, 0) is 17.4 Å². The van der Waals surface area contributed by atoms with E-state index in [9.17, 15) is 31.1 Å². The maximum absolute atomic E-state index is 13.6. The summed E-state index contributed by atoms with van der Waals surface area (Å²) >= 11 is 0. The number of rotatable bonds is 4. The molecule has 9 heteroatoms. The Morgan fingerprint density at radius 3 is 2.30 bits per heavy atom. The number of nitriles is 1. The molecular formula is C21H16F6N2O. The molecule has 0 aliphatic carbocycles. The first-order valence-electron chi connectivity index (χ1n) is 9.01. The molecule has 1 fully saturated rings. The smallest absolute Gasteiger partial charge is 0.298 e. The SMILES string of the molecule is N#Cc1ccc(C2C[C@@H](C(=O)Cc3ccccc3)N[C@H]2C(F)(F)F)cc1C(F)(F)F. The molecule has 3 nitrogen and oxygen atoms in total. The van der Waals surface area contributed by atoms with E-state index >= 15 is 0 Å². The van der Waals surface area contributed by atoms with E-state index in [1.165, 1.54) is 6.07 Å². The predicted molar refractivity (Wildman–Crippen MR) is 95.4 cm³/mol. The van der Waals surface area contributed by atoms with Gasteiger partial charge >= 0.3 is 12.4 Å². The second kappa shape index (κ2) is 8.11. The zero-order valence-electron chi connectivity index (χ0n) is 15.4. The highest BCUT2D eigenvalue weighted by molar-refractivity contribution is 5.86. The fraction of sp³-hybridized carbons (Fsp3) is 0.333. The summed E-state index contributed by atoms with van der Waals surface area (Å²) in [5, 5.41) is 11.2. The standard InChI is InChI=1S/C21H16F6N2O/c22-20(23,24)16-9-13(6-7-14(16)11-28)15-10-17(29-19(15)21(25,26)27)18(30)8-12-4-2-1-3-5-12/h1-7,9,15,17,19,29H,8,10H2/t15?,17-,19+/m0/s1. The first-order valence-corrected chi connectivity index (χ1v) is 9.01. The molecule has 2 aromatic carbocycles. The van der Waals surface area contributed by atoms with Gasteiger partial charge in [-0.15, -0.1) is 0 Å². The Labute approximate surface area is 168 Å². The normalized spacial score (nSPS) is 22.0. The van der Waals surface area contributed by atoms with Gasteiger partial charge in [-0.25, -0.2) is 0 Å². The van der Waals surface area contributed by atoms with E-state index in [0.717, 1.165) is 12.1 Å². The van der Waals surface area contributed by atoms with Gasteiger partial charge in [-0.3, -0.25) is 10.1 Å². The van der Waals surface area contributed by atoms with Crippen molar-refractivity contribution < 1.29 is 31.1 Å². The maximum Gasteiger partial charge on any atom is 0.417 e. The van der Waals surface area contributed by atoms with E-state index < -0.39 is 47.3 Å². The molecule has 1 N–H and O–H groups in total. The molecule has 0 bridgehead atoms. The minimum atomic E-state index is -4.89. The fourth-order valence-corrected chi connectivity index (χ4v) is 3.71. The van der Waals surface area contributed by atoms with Gasteiger partial charge in [0.25, 0.3) is 0 Å². The van der Waals surface area contributed by atoms with Crippen LogP contribution in [0, 0.1) is 11.3 Å². The zero-order valence-corrected chi connectivity index (χ0v) is 15.4. The number of nitrogens with zero attached hydrogens (tertiary/aromatic N) is 1. The van der Waals surface area contributed by atoms with E-state index in [2.05, 4.69) is 5.32 Å². The topological polar surface area (TPSA) is 52.9 Å². The number of carbonyl (C=O) groups is 1. The average Bonchev–Trinajstić information content (AvgIpc) is 3.14. The number of halogens is 6. The molecular weight excluding hydrogens is 410 g/mol. The van der Waals surface area contributed by atoms with Crippen LogP contribution >= 0.6 is 0 Å². The lowest BCUT2D eigenvalue weighted by Crippen LogP contribution is -2.45. The molecule has 1 unspecified atom stereocenters. The van der Waals surface area contributed by atoms with Gasteiger partial charge in [0, 0.05) is 12.3 Å². The van der Waals surface area contributed by atoms with Crippen LogP contribution in [0.1, 0.15) is 34.6 Å². The van der Waals surface area contributed by atoms with Gasteiger partial charge in [0.15, 0.2) is 5.78 Å². The molecule has 0 spiro atoms. The molecule has 2 aromatic rings. The van der Waals surface area contributed by atoms with Crippen molar-refractivity contribution in [2.45, 2.75) is 43.2 Å². The third-order valence-corrected chi connectivity index (χ3v) is 5.13. The molecule has 1 saturated heterocycles. The summed E-state index contributed by atoms with van der Waals surface area (Å²) in [6.45, 7) is 0. The molecule has 1 heterocycles. The van der Waals surface area contributed by atoms with E-state index in [1.54, 1.807) is 30.3 Å². The van der Waals surface area contributed by atoms with Crippen LogP contribution in [-0.4, -0.2) is 24.0 Å². The highest BCUT2D eigenvalue weighted by Gasteiger charge is 2.52. The van der Waals surface area contributed by atoms with Crippen molar-refractivity contribution in [2.24, 2.45) is 0 Å². The molecule has 1 aliphatic heterocycles. The number of benzene rings is 2. The summed E-state index contributed by atoms with van der Waals surface area (Å²) in [6, 6.07) is 9.08. The minimum Gasteiger partial charge on any atom is -0.298 e. The monoisotopic (exact) mass is 426 g/mol. The van der Waals surface area contributed by atoms with Crippen molar-refractivity contribution in [1.29, 1.82) is 5.26 Å². The van der Waals surface area contributed by atoms with Crippen LogP contribution in [0.2, 0.25) is 0 Å². The summed E-state index contributed by atoms with van der Waals surface area (Å²) in [4.78, 5) is 12.5. The second-order valence-corrected chi connectivity index (χ2v) is 7.12. The minimum absolute atomic E-state index is 0.0863. The lowest BCUT2D eigenvalue weighted by molar-refractivity contribution is -0.156. The lowest BCUT2D eigenvalue weighted by atomic mass is 9.87. The molecule has 0 amide bonds. The first kappa shape index (κ1) is 21.8. The number of nitrogens with one attached hydrogen (secondary N) is 1. The average molecular weight is 426 g/mol. The molecule has 0 saturated carbocycles. The molecule has 3 rings (SSSR count). The third-order valence-electron chi connectivity index (χ3n) is 5.13.